The van der Waals surface area contributed by atoms with Crippen molar-refractivity contribution in [1.82, 2.24) is 5.32 Å². The molecule has 1 saturated heterocycles. The first-order valence-corrected chi connectivity index (χ1v) is 13.1. The van der Waals surface area contributed by atoms with Gasteiger partial charge >= 0.3 is 0 Å². The zero-order chi connectivity index (χ0) is 23.8. The normalized spacial score (nSPS) is 18.9. The minimum atomic E-state index is -4.17. The first-order chi connectivity index (χ1) is 15.7. The van der Waals surface area contributed by atoms with E-state index in [4.69, 9.17) is 4.74 Å². The van der Waals surface area contributed by atoms with E-state index in [1.165, 1.54) is 30.6 Å². The van der Waals surface area contributed by atoms with Gasteiger partial charge in [-0.15, -0.1) is 11.3 Å². The van der Waals surface area contributed by atoms with Gasteiger partial charge in [0, 0.05) is 35.7 Å². The quantitative estimate of drug-likeness (QED) is 0.518. The number of piperazine rings is 1. The van der Waals surface area contributed by atoms with Gasteiger partial charge in [-0.05, 0) is 73.7 Å². The summed E-state index contributed by atoms with van der Waals surface area (Å²) in [5.74, 6) is -0.435. The van der Waals surface area contributed by atoms with Crippen molar-refractivity contribution in [2.24, 2.45) is 0 Å². The fourth-order valence-electron chi connectivity index (χ4n) is 4.16. The Kier molecular flexibility index (Phi) is 6.65. The number of aryl methyl sites for hydroxylation is 1. The highest BCUT2D eigenvalue weighted by molar-refractivity contribution is 7.92. The van der Waals surface area contributed by atoms with Crippen LogP contribution in [0, 0.1) is 12.7 Å². The second-order valence-corrected chi connectivity index (χ2v) is 11.1. The molecule has 9 heteroatoms. The molecule has 1 aliphatic heterocycles. The lowest BCUT2D eigenvalue weighted by Crippen LogP contribution is -2.54. The van der Waals surface area contributed by atoms with E-state index in [-0.39, 0.29) is 5.69 Å². The third-order valence-electron chi connectivity index (χ3n) is 5.59. The number of rotatable bonds is 6. The molecular weight excluding hydrogens is 461 g/mol. The molecule has 0 unspecified atom stereocenters. The molecular formula is C24H28FN3O3S2. The Hall–Kier alpha value is -2.62. The van der Waals surface area contributed by atoms with Crippen molar-refractivity contribution in [1.29, 1.82) is 0 Å². The summed E-state index contributed by atoms with van der Waals surface area (Å²) in [6.45, 7) is 7.77. The van der Waals surface area contributed by atoms with Gasteiger partial charge in [-0.1, -0.05) is 6.07 Å². The average Bonchev–Trinajstić information content (AvgIpc) is 3.19. The van der Waals surface area contributed by atoms with Crippen LogP contribution < -0.4 is 19.7 Å². The minimum Gasteiger partial charge on any atom is -0.495 e. The van der Waals surface area contributed by atoms with Crippen LogP contribution in [0.2, 0.25) is 0 Å². The second kappa shape index (κ2) is 9.32. The maximum atomic E-state index is 14.9. The van der Waals surface area contributed by atoms with E-state index in [2.05, 4.69) is 28.8 Å². The molecule has 0 aliphatic carbocycles. The fourth-order valence-corrected chi connectivity index (χ4v) is 6.18. The summed E-state index contributed by atoms with van der Waals surface area (Å²) in [6.07, 6.45) is 0. The molecule has 2 atom stereocenters. The number of anilines is 2. The maximum absolute atomic E-state index is 14.9. The number of ether oxygens (including phenoxy) is 1. The van der Waals surface area contributed by atoms with E-state index >= 15 is 0 Å². The number of thiophene rings is 1. The van der Waals surface area contributed by atoms with Crippen LogP contribution in [0.5, 0.6) is 5.75 Å². The third kappa shape index (κ3) is 5.15. The predicted octanol–water partition coefficient (Wildman–Crippen LogP) is 4.86. The molecule has 33 heavy (non-hydrogen) atoms. The first kappa shape index (κ1) is 23.5. The van der Waals surface area contributed by atoms with Gasteiger partial charge in [0.15, 0.2) is 0 Å². The van der Waals surface area contributed by atoms with Gasteiger partial charge < -0.3 is 15.0 Å². The van der Waals surface area contributed by atoms with Crippen molar-refractivity contribution >= 4 is 32.7 Å². The minimum absolute atomic E-state index is 0.270. The SMILES string of the molecule is COc1ccc(N2C[C@@H](C)N[C@@H](C)C2)cc1NS(=O)(=O)c1ccc(-c2cc(C)cs2)cc1F. The molecule has 2 aromatic carbocycles. The van der Waals surface area contributed by atoms with Crippen molar-refractivity contribution < 1.29 is 17.5 Å². The topological polar surface area (TPSA) is 70.7 Å². The van der Waals surface area contributed by atoms with Crippen LogP contribution in [-0.2, 0) is 10.0 Å². The van der Waals surface area contributed by atoms with Crippen molar-refractivity contribution in [3.8, 4) is 16.2 Å². The van der Waals surface area contributed by atoms with Crippen LogP contribution >= 0.6 is 11.3 Å². The number of nitrogens with one attached hydrogen (secondary N) is 2. The van der Waals surface area contributed by atoms with Crippen molar-refractivity contribution in [2.75, 3.05) is 29.8 Å². The number of hydrogen-bond acceptors (Lipinski definition) is 6. The number of halogens is 1. The molecule has 1 aromatic heterocycles. The van der Waals surface area contributed by atoms with Gasteiger partial charge in [0.1, 0.15) is 16.5 Å². The summed E-state index contributed by atoms with van der Waals surface area (Å²) in [6, 6.07) is 12.1. The van der Waals surface area contributed by atoms with Crippen LogP contribution in [0.25, 0.3) is 10.4 Å². The fraction of sp³-hybridized carbons (Fsp3) is 0.333. The van der Waals surface area contributed by atoms with Crippen molar-refractivity contribution in [3.63, 3.8) is 0 Å². The van der Waals surface area contributed by atoms with E-state index in [1.807, 2.05) is 24.4 Å². The largest absolute Gasteiger partial charge is 0.495 e. The lowest BCUT2D eigenvalue weighted by Gasteiger charge is -2.38. The molecule has 0 amide bonds. The van der Waals surface area contributed by atoms with E-state index in [0.717, 1.165) is 29.2 Å². The van der Waals surface area contributed by atoms with E-state index in [9.17, 15) is 12.8 Å². The zero-order valence-corrected chi connectivity index (χ0v) is 20.7. The average molecular weight is 490 g/mol. The van der Waals surface area contributed by atoms with Crippen LogP contribution in [0.3, 0.4) is 0 Å². The van der Waals surface area contributed by atoms with Gasteiger partial charge in [0.2, 0.25) is 0 Å². The van der Waals surface area contributed by atoms with Crippen LogP contribution in [0.1, 0.15) is 19.4 Å². The Labute approximate surface area is 198 Å². The zero-order valence-electron chi connectivity index (χ0n) is 19.1. The van der Waals surface area contributed by atoms with Crippen molar-refractivity contribution in [3.05, 3.63) is 59.2 Å². The number of methoxy groups -OCH3 is 1. The van der Waals surface area contributed by atoms with Crippen LogP contribution in [0.15, 0.2) is 52.7 Å². The molecule has 1 aliphatic rings. The Bertz CT molecular complexity index is 1250. The summed E-state index contributed by atoms with van der Waals surface area (Å²) in [5, 5.41) is 5.45. The number of benzene rings is 2. The lowest BCUT2D eigenvalue weighted by atomic mass is 10.1. The monoisotopic (exact) mass is 489 g/mol. The summed E-state index contributed by atoms with van der Waals surface area (Å²) in [4.78, 5) is 2.68. The molecule has 2 heterocycles. The van der Waals surface area contributed by atoms with Gasteiger partial charge in [-0.2, -0.15) is 0 Å². The highest BCUT2D eigenvalue weighted by Gasteiger charge is 2.24. The van der Waals surface area contributed by atoms with E-state index in [1.54, 1.807) is 18.2 Å². The summed E-state index contributed by atoms with van der Waals surface area (Å²) < 4.78 is 49.0. The molecule has 6 nitrogen and oxygen atoms in total. The highest BCUT2D eigenvalue weighted by atomic mass is 32.2. The smallest absolute Gasteiger partial charge is 0.264 e. The van der Waals surface area contributed by atoms with Gasteiger partial charge in [0.05, 0.1) is 12.8 Å². The van der Waals surface area contributed by atoms with Gasteiger partial charge in [-0.25, -0.2) is 12.8 Å². The Morgan fingerprint density at radius 3 is 2.45 bits per heavy atom. The third-order valence-corrected chi connectivity index (χ3v) is 8.08. The summed E-state index contributed by atoms with van der Waals surface area (Å²) in [7, 11) is -2.70. The number of nitrogens with zero attached hydrogens (tertiary/aromatic N) is 1. The first-order valence-electron chi connectivity index (χ1n) is 10.7. The molecule has 0 saturated carbocycles. The number of sulfonamides is 1. The second-order valence-electron chi connectivity index (χ2n) is 8.50. The predicted molar refractivity (Wildman–Crippen MR) is 133 cm³/mol. The molecule has 2 N–H and O–H groups in total. The molecule has 0 bridgehead atoms. The molecule has 176 valence electrons. The van der Waals surface area contributed by atoms with E-state index in [0.29, 0.717) is 23.4 Å². The molecule has 0 radical (unpaired) electrons. The number of hydrogen-bond donors (Lipinski definition) is 2. The molecule has 3 aromatic rings. The Balaban J connectivity index is 1.63. The molecule has 0 spiro atoms. The summed E-state index contributed by atoms with van der Waals surface area (Å²) >= 11 is 1.49. The summed E-state index contributed by atoms with van der Waals surface area (Å²) in [5.41, 5.74) is 2.86. The lowest BCUT2D eigenvalue weighted by molar-refractivity contribution is 0.406. The van der Waals surface area contributed by atoms with Crippen LogP contribution in [0.4, 0.5) is 15.8 Å². The highest BCUT2D eigenvalue weighted by Crippen LogP contribution is 2.34. The van der Waals surface area contributed by atoms with Crippen LogP contribution in [-0.4, -0.2) is 40.7 Å². The van der Waals surface area contributed by atoms with Gasteiger partial charge in [0.25, 0.3) is 10.0 Å². The van der Waals surface area contributed by atoms with E-state index < -0.39 is 20.7 Å². The molecule has 4 rings (SSSR count). The Morgan fingerprint density at radius 2 is 1.85 bits per heavy atom. The standard InChI is InChI=1S/C24H28FN3O3S2/c1-15-9-23(32-14-15)18-5-8-24(20(25)10-18)33(29,30)27-21-11-19(6-7-22(21)31-4)28-12-16(2)26-17(3)13-28/h5-11,14,16-17,26-27H,12-13H2,1-4H3/t16-,17+. The van der Waals surface area contributed by atoms with Crippen molar-refractivity contribution in [2.45, 2.75) is 37.8 Å². The Morgan fingerprint density at radius 1 is 1.12 bits per heavy atom. The van der Waals surface area contributed by atoms with Gasteiger partial charge in [-0.3, -0.25) is 4.72 Å². The molecule has 1 fully saturated rings. The maximum Gasteiger partial charge on any atom is 0.264 e.